The molecule has 2 amide bonds. The number of carbonyl (C=O) groups excluding carboxylic acids is 2. The van der Waals surface area contributed by atoms with E-state index in [1.165, 1.54) is 19.6 Å². The minimum atomic E-state index is -4.66. The van der Waals surface area contributed by atoms with Crippen LogP contribution in [-0.2, 0) is 22.3 Å². The van der Waals surface area contributed by atoms with E-state index in [2.05, 4.69) is 20.6 Å². The lowest BCUT2D eigenvalue weighted by molar-refractivity contribution is -0.131. The standard InChI is InChI=1S/C25H28F5N3O4.C24H27F4N3O4.2H2/c1-3-24(12-35-2)10-33(11-24)23-32-20(19(37-23)9-25(28,29)30)22(34)31-15-7-17(26)21(18(27)8-15)36-16-5-13-4-14(13)6-16;1-12-4-15(8-17(25)20(12)34-16-6-13-5-14(13)7-16)29-21(32)19-18(9-24(26,27)28)35-22(30-19)31-10-23(2,11-31)33-3;;/h7-8,13-14,16H,3-6,9-12H2,1-2H3,(H,31,34);4,8,13-14,16H,5-7,9-11H2,1-3H3,(H,29,32);2*1H. The Morgan fingerprint density at radius 3 is 1.51 bits per heavy atom. The molecule has 4 heterocycles. The van der Waals surface area contributed by atoms with Gasteiger partial charge in [0.1, 0.15) is 30.0 Å². The van der Waals surface area contributed by atoms with E-state index >= 15 is 0 Å². The number of benzene rings is 2. The first-order valence-electron chi connectivity index (χ1n) is 23.8. The number of alkyl halides is 6. The van der Waals surface area contributed by atoms with Crippen molar-refractivity contribution in [1.82, 2.24) is 9.97 Å². The van der Waals surface area contributed by atoms with Crippen molar-refractivity contribution in [3.63, 3.8) is 0 Å². The molecule has 14 nitrogen and oxygen atoms in total. The maximum absolute atomic E-state index is 14.8. The van der Waals surface area contributed by atoms with E-state index in [9.17, 15) is 49.1 Å². The van der Waals surface area contributed by atoms with Crippen LogP contribution < -0.4 is 29.9 Å². The van der Waals surface area contributed by atoms with Crippen LogP contribution in [0.25, 0.3) is 0 Å². The lowest BCUT2D eigenvalue weighted by Gasteiger charge is -2.48. The highest BCUT2D eigenvalue weighted by molar-refractivity contribution is 6.04. The van der Waals surface area contributed by atoms with Crippen molar-refractivity contribution in [1.29, 1.82) is 0 Å². The fourth-order valence-corrected chi connectivity index (χ4v) is 10.5. The maximum atomic E-state index is 14.8. The Kier molecular flexibility index (Phi) is 13.7. The number of carbonyl (C=O) groups is 2. The van der Waals surface area contributed by atoms with Gasteiger partial charge in [-0.2, -0.15) is 36.3 Å². The Hall–Kier alpha value is -5.71. The number of amides is 2. The summed E-state index contributed by atoms with van der Waals surface area (Å²) in [5.41, 5.74) is -1.46. The van der Waals surface area contributed by atoms with E-state index in [0.29, 0.717) is 62.0 Å². The predicted molar refractivity (Wildman–Crippen MR) is 245 cm³/mol. The molecule has 6 aliphatic rings. The molecule has 4 aliphatic carbocycles. The topological polar surface area (TPSA) is 154 Å². The van der Waals surface area contributed by atoms with E-state index in [1.807, 2.05) is 13.8 Å². The van der Waals surface area contributed by atoms with Crippen molar-refractivity contribution in [3.8, 4) is 11.5 Å². The first-order valence-corrected chi connectivity index (χ1v) is 23.8. The van der Waals surface area contributed by atoms with Crippen LogP contribution in [-0.4, -0.2) is 98.9 Å². The third kappa shape index (κ3) is 11.4. The number of fused-ring (bicyclic) bond motifs is 2. The largest absolute Gasteiger partial charge is 0.487 e. The van der Waals surface area contributed by atoms with Gasteiger partial charge in [-0.15, -0.1) is 0 Å². The summed E-state index contributed by atoms with van der Waals surface area (Å²) in [5.74, 6) is -3.86. The molecule has 0 radical (unpaired) electrons. The molecule has 4 unspecified atom stereocenters. The highest BCUT2D eigenvalue weighted by Crippen LogP contribution is 2.54. The van der Waals surface area contributed by atoms with Crippen LogP contribution in [0.2, 0.25) is 0 Å². The van der Waals surface area contributed by atoms with E-state index in [0.717, 1.165) is 56.7 Å². The maximum Gasteiger partial charge on any atom is 0.396 e. The zero-order valence-electron chi connectivity index (χ0n) is 40.1. The summed E-state index contributed by atoms with van der Waals surface area (Å²) in [6.45, 7) is 7.51. The number of nitrogens with one attached hydrogen (secondary N) is 2. The number of oxazole rings is 2. The smallest absolute Gasteiger partial charge is 0.396 e. The minimum absolute atomic E-state index is 0. The first kappa shape index (κ1) is 51.2. The number of rotatable bonds is 16. The molecule has 2 aliphatic heterocycles. The van der Waals surface area contributed by atoms with Gasteiger partial charge < -0.3 is 48.2 Å². The molecular weight excluding hydrogens is 972 g/mol. The van der Waals surface area contributed by atoms with E-state index in [4.69, 9.17) is 27.8 Å². The van der Waals surface area contributed by atoms with E-state index in [1.54, 1.807) is 23.8 Å². The van der Waals surface area contributed by atoms with Gasteiger partial charge in [-0.25, -0.2) is 13.2 Å². The molecule has 396 valence electrons. The first-order chi connectivity index (χ1) is 33.9. The van der Waals surface area contributed by atoms with E-state index in [-0.39, 0.29) is 49.6 Å². The molecule has 23 heteroatoms. The van der Waals surface area contributed by atoms with Gasteiger partial charge in [0.05, 0.1) is 31.9 Å². The number of halogens is 9. The number of ether oxygens (including phenoxy) is 4. The Bertz CT molecular complexity index is 2630. The average Bonchev–Trinajstić information content (AvgIpc) is 3.86. The Labute approximate surface area is 411 Å². The zero-order valence-corrected chi connectivity index (χ0v) is 40.1. The number of hydrogen-bond acceptors (Lipinski definition) is 12. The summed E-state index contributed by atoms with van der Waals surface area (Å²) in [5, 5.41) is 4.68. The Morgan fingerprint density at radius 2 is 1.11 bits per heavy atom. The monoisotopic (exact) mass is 1030 g/mol. The molecule has 2 aromatic heterocycles. The third-order valence-electron chi connectivity index (χ3n) is 14.6. The Morgan fingerprint density at radius 1 is 0.694 bits per heavy atom. The summed E-state index contributed by atoms with van der Waals surface area (Å²) in [6, 6.07) is 4.14. The summed E-state index contributed by atoms with van der Waals surface area (Å²) in [6.07, 6.45) is -6.08. The van der Waals surface area contributed by atoms with E-state index < -0.39 is 88.7 Å². The second-order valence-electron chi connectivity index (χ2n) is 20.5. The summed E-state index contributed by atoms with van der Waals surface area (Å²) < 4.78 is 156. The average molecular weight is 1030 g/mol. The highest BCUT2D eigenvalue weighted by atomic mass is 19.4. The number of aromatic nitrogens is 2. The van der Waals surface area contributed by atoms with Gasteiger partial charge in [-0.3, -0.25) is 9.59 Å². The highest BCUT2D eigenvalue weighted by Gasteiger charge is 2.49. The number of hydrogen-bond donors (Lipinski definition) is 2. The van der Waals surface area contributed by atoms with Crippen LogP contribution in [0.15, 0.2) is 33.1 Å². The molecule has 4 aromatic rings. The molecule has 0 bridgehead atoms. The van der Waals surface area contributed by atoms with Crippen molar-refractivity contribution in [2.24, 2.45) is 29.1 Å². The molecule has 2 aromatic carbocycles. The van der Waals surface area contributed by atoms with Crippen LogP contribution in [0, 0.1) is 53.5 Å². The number of aryl methyl sites for hydroxylation is 1. The molecule has 72 heavy (non-hydrogen) atoms. The van der Waals surface area contributed by atoms with Crippen LogP contribution in [0.4, 0.5) is 62.9 Å². The number of nitrogens with zero attached hydrogens (tertiary/aromatic N) is 4. The number of methoxy groups -OCH3 is 2. The third-order valence-corrected chi connectivity index (χ3v) is 14.6. The second kappa shape index (κ2) is 19.3. The van der Waals surface area contributed by atoms with Crippen LogP contribution in [0.3, 0.4) is 0 Å². The zero-order chi connectivity index (χ0) is 51.7. The van der Waals surface area contributed by atoms with Crippen molar-refractivity contribution in [2.75, 3.05) is 67.4 Å². The van der Waals surface area contributed by atoms with Crippen molar-refractivity contribution >= 4 is 35.2 Å². The normalized spacial score (nSPS) is 24.3. The van der Waals surface area contributed by atoms with Gasteiger partial charge in [-0.05, 0) is 94.1 Å². The van der Waals surface area contributed by atoms with Crippen LogP contribution in [0.1, 0.15) is 99.7 Å². The second-order valence-corrected chi connectivity index (χ2v) is 20.5. The summed E-state index contributed by atoms with van der Waals surface area (Å²) >= 11 is 0. The van der Waals surface area contributed by atoms with Gasteiger partial charge in [0.2, 0.25) is 0 Å². The van der Waals surface area contributed by atoms with Crippen LogP contribution in [0.5, 0.6) is 11.5 Å². The number of anilines is 4. The fourth-order valence-electron chi connectivity index (χ4n) is 10.5. The molecule has 4 saturated carbocycles. The Balaban J connectivity index is 0.000000211. The van der Waals surface area contributed by atoms with Gasteiger partial charge >= 0.3 is 12.4 Å². The summed E-state index contributed by atoms with van der Waals surface area (Å²) in [7, 11) is 3.10. The van der Waals surface area contributed by atoms with Gasteiger partial charge in [0.15, 0.2) is 40.3 Å². The molecule has 0 spiro atoms. The lowest BCUT2D eigenvalue weighted by Crippen LogP contribution is -2.61. The molecule has 4 atom stereocenters. The molecule has 2 N–H and O–H groups in total. The molecule has 6 fully saturated rings. The summed E-state index contributed by atoms with van der Waals surface area (Å²) in [4.78, 5) is 37.0. The van der Waals surface area contributed by atoms with Crippen LogP contribution >= 0.6 is 0 Å². The molecule has 10 rings (SSSR count). The predicted octanol–water partition coefficient (Wildman–Crippen LogP) is 10.7. The van der Waals surface area contributed by atoms with Gasteiger partial charge in [0.25, 0.3) is 23.8 Å². The molecule has 2 saturated heterocycles. The SMILES string of the molecule is CCC1(COC)CN(c2nc(C(=O)Nc3cc(F)c(OC4CC5CC5C4)c(F)c3)c(CC(F)(F)F)o2)C1.COC1(C)CN(c2nc(C(=O)Nc3cc(C)c(OC4CC5CC5C4)c(F)c3)c(CC(F)(F)F)o2)C1.[HH].[HH]. The minimum Gasteiger partial charge on any atom is -0.487 e. The van der Waals surface area contributed by atoms with Crippen molar-refractivity contribution < 1.29 is 79.7 Å². The quantitative estimate of drug-likeness (QED) is 0.103. The van der Waals surface area contributed by atoms with Gasteiger partial charge in [0, 0.05) is 65.2 Å². The molecular formula is C49H59F9N6O8. The fraction of sp³-hybridized carbons (Fsp3) is 0.592. The van der Waals surface area contributed by atoms with Gasteiger partial charge in [-0.1, -0.05) is 6.92 Å². The lowest BCUT2D eigenvalue weighted by atomic mass is 9.78. The van der Waals surface area contributed by atoms with Crippen molar-refractivity contribution in [3.05, 3.63) is 70.2 Å². The van der Waals surface area contributed by atoms with Crippen molar-refractivity contribution in [2.45, 2.75) is 109 Å².